The van der Waals surface area contributed by atoms with Gasteiger partial charge >= 0.3 is 0 Å². The maximum absolute atomic E-state index is 12.1. The summed E-state index contributed by atoms with van der Waals surface area (Å²) in [5.41, 5.74) is 0. The lowest BCUT2D eigenvalue weighted by atomic mass is 10.3. The van der Waals surface area contributed by atoms with Gasteiger partial charge in [-0.3, -0.25) is 0 Å². The van der Waals surface area contributed by atoms with Crippen LogP contribution in [0.15, 0.2) is 6.07 Å². The van der Waals surface area contributed by atoms with Crippen molar-refractivity contribution in [2.24, 2.45) is 0 Å². The zero-order valence-corrected chi connectivity index (χ0v) is 7.87. The number of aliphatic hydroxyl groups excluding tert-OH is 1. The van der Waals surface area contributed by atoms with E-state index in [1.165, 1.54) is 0 Å². The molecule has 1 aromatic heterocycles. The van der Waals surface area contributed by atoms with Crippen molar-refractivity contribution in [1.82, 2.24) is 0 Å². The number of alkyl halides is 2. The molecule has 1 nitrogen and oxygen atoms in total. The zero-order chi connectivity index (χ0) is 10.0. The van der Waals surface area contributed by atoms with Gasteiger partial charge in [0.1, 0.15) is 0 Å². The number of aliphatic hydroxyl groups is 1. The lowest BCUT2D eigenvalue weighted by Gasteiger charge is -1.98. The van der Waals surface area contributed by atoms with Crippen LogP contribution < -0.4 is 0 Å². The molecule has 13 heavy (non-hydrogen) atoms. The number of rotatable bonds is 2. The van der Waals surface area contributed by atoms with Crippen molar-refractivity contribution in [3.05, 3.63) is 20.8 Å². The van der Waals surface area contributed by atoms with E-state index in [4.69, 9.17) is 23.1 Å². The standard InChI is InChI=1S/C8H5ClF2OS/c1-2-5(12)7-4(9)3-6(13-7)8(10)11/h1,3,5,8,12H. The van der Waals surface area contributed by atoms with Gasteiger partial charge in [0.2, 0.25) is 0 Å². The quantitative estimate of drug-likeness (QED) is 0.763. The van der Waals surface area contributed by atoms with E-state index in [0.29, 0.717) is 0 Å². The lowest BCUT2D eigenvalue weighted by Crippen LogP contribution is -1.88. The maximum Gasteiger partial charge on any atom is 0.272 e. The van der Waals surface area contributed by atoms with Gasteiger partial charge in [0.15, 0.2) is 6.10 Å². The van der Waals surface area contributed by atoms with Gasteiger partial charge in [0, 0.05) is 0 Å². The largest absolute Gasteiger partial charge is 0.375 e. The minimum atomic E-state index is -2.58. The molecule has 70 valence electrons. The van der Waals surface area contributed by atoms with Crippen LogP contribution in [-0.4, -0.2) is 5.11 Å². The average molecular weight is 223 g/mol. The molecule has 1 heterocycles. The summed E-state index contributed by atoms with van der Waals surface area (Å²) in [6, 6.07) is 1.12. The first-order valence-corrected chi connectivity index (χ1v) is 4.47. The Bertz CT molecular complexity index is 342. The van der Waals surface area contributed by atoms with Crippen LogP contribution in [0.5, 0.6) is 0 Å². The number of hydrogen-bond donors (Lipinski definition) is 1. The second-order valence-corrected chi connectivity index (χ2v) is 3.75. The second-order valence-electron chi connectivity index (χ2n) is 2.23. The van der Waals surface area contributed by atoms with Gasteiger partial charge in [-0.2, -0.15) is 0 Å². The van der Waals surface area contributed by atoms with E-state index in [2.05, 4.69) is 0 Å². The molecule has 1 unspecified atom stereocenters. The van der Waals surface area contributed by atoms with Gasteiger partial charge in [-0.25, -0.2) is 8.78 Å². The molecule has 1 rings (SSSR count). The number of hydrogen-bond acceptors (Lipinski definition) is 2. The van der Waals surface area contributed by atoms with Gasteiger partial charge < -0.3 is 5.11 Å². The highest BCUT2D eigenvalue weighted by molar-refractivity contribution is 7.12. The maximum atomic E-state index is 12.1. The van der Waals surface area contributed by atoms with E-state index in [0.717, 1.165) is 17.4 Å². The monoisotopic (exact) mass is 222 g/mol. The first-order chi connectivity index (χ1) is 6.06. The molecule has 0 saturated heterocycles. The lowest BCUT2D eigenvalue weighted by molar-refractivity contribution is 0.155. The normalized spacial score (nSPS) is 12.9. The van der Waals surface area contributed by atoms with Crippen LogP contribution in [0.3, 0.4) is 0 Å². The first kappa shape index (κ1) is 10.5. The molecule has 0 spiro atoms. The van der Waals surface area contributed by atoms with E-state index in [1.807, 2.05) is 5.92 Å². The van der Waals surface area contributed by atoms with Crippen LogP contribution in [0.1, 0.15) is 22.3 Å². The Hall–Kier alpha value is -0.630. The average Bonchev–Trinajstić information content (AvgIpc) is 2.46. The molecule has 1 N–H and O–H groups in total. The van der Waals surface area contributed by atoms with Crippen LogP contribution >= 0.6 is 22.9 Å². The van der Waals surface area contributed by atoms with Crippen molar-refractivity contribution in [1.29, 1.82) is 0 Å². The number of terminal acetylenes is 1. The minimum absolute atomic E-state index is 0.0887. The highest BCUT2D eigenvalue weighted by atomic mass is 35.5. The Morgan fingerprint density at radius 3 is 2.62 bits per heavy atom. The van der Waals surface area contributed by atoms with Crippen LogP contribution in [-0.2, 0) is 0 Å². The molecule has 0 radical (unpaired) electrons. The molecule has 0 fully saturated rings. The van der Waals surface area contributed by atoms with Gasteiger partial charge in [0.05, 0.1) is 14.8 Å². The third kappa shape index (κ3) is 2.19. The predicted molar refractivity (Wildman–Crippen MR) is 48.1 cm³/mol. The summed E-state index contributed by atoms with van der Waals surface area (Å²) in [4.78, 5) is 0.00812. The Balaban J connectivity index is 3.04. The summed E-state index contributed by atoms with van der Waals surface area (Å²) in [7, 11) is 0. The molecule has 1 atom stereocenters. The van der Waals surface area contributed by atoms with Crippen molar-refractivity contribution in [3.63, 3.8) is 0 Å². The first-order valence-electron chi connectivity index (χ1n) is 3.27. The van der Waals surface area contributed by atoms with E-state index in [1.54, 1.807) is 0 Å². The molecular weight excluding hydrogens is 218 g/mol. The number of thiophene rings is 1. The summed E-state index contributed by atoms with van der Waals surface area (Å²) in [5.74, 6) is 2.01. The van der Waals surface area contributed by atoms with Crippen LogP contribution in [0.4, 0.5) is 8.78 Å². The Morgan fingerprint density at radius 1 is 1.62 bits per heavy atom. The van der Waals surface area contributed by atoms with Crippen LogP contribution in [0, 0.1) is 12.3 Å². The summed E-state index contributed by atoms with van der Waals surface area (Å²) in [6.07, 6.45) is 1.13. The summed E-state index contributed by atoms with van der Waals surface area (Å²) in [5, 5.41) is 9.24. The SMILES string of the molecule is C#CC(O)c1sc(C(F)F)cc1Cl. The fourth-order valence-electron chi connectivity index (χ4n) is 0.771. The molecule has 0 aliphatic carbocycles. The molecular formula is C8H5ClF2OS. The fraction of sp³-hybridized carbons (Fsp3) is 0.250. The predicted octanol–water partition coefficient (Wildman–Crippen LogP) is 3.01. The molecule has 0 amide bonds. The Morgan fingerprint density at radius 2 is 2.23 bits per heavy atom. The molecule has 0 aliphatic heterocycles. The van der Waals surface area contributed by atoms with Crippen LogP contribution in [0.2, 0.25) is 5.02 Å². The van der Waals surface area contributed by atoms with Gasteiger partial charge in [0.25, 0.3) is 6.43 Å². The highest BCUT2D eigenvalue weighted by Gasteiger charge is 2.18. The number of halogens is 3. The molecule has 1 aromatic rings. The third-order valence-electron chi connectivity index (χ3n) is 1.35. The van der Waals surface area contributed by atoms with Gasteiger partial charge in [-0.05, 0) is 6.07 Å². The molecule has 0 aromatic carbocycles. The van der Waals surface area contributed by atoms with Crippen molar-refractivity contribution in [3.8, 4) is 12.3 Å². The topological polar surface area (TPSA) is 20.2 Å². The van der Waals surface area contributed by atoms with Crippen molar-refractivity contribution in [2.75, 3.05) is 0 Å². The van der Waals surface area contributed by atoms with Crippen molar-refractivity contribution >= 4 is 22.9 Å². The minimum Gasteiger partial charge on any atom is -0.375 e. The summed E-state index contributed by atoms with van der Waals surface area (Å²) in [6.45, 7) is 0. The van der Waals surface area contributed by atoms with E-state index in [-0.39, 0.29) is 14.8 Å². The molecule has 5 heteroatoms. The van der Waals surface area contributed by atoms with Crippen molar-refractivity contribution in [2.45, 2.75) is 12.5 Å². The smallest absolute Gasteiger partial charge is 0.272 e. The molecule has 0 saturated carbocycles. The third-order valence-corrected chi connectivity index (χ3v) is 2.97. The Kier molecular flexibility index (Phi) is 3.26. The summed E-state index contributed by atoms with van der Waals surface area (Å²) < 4.78 is 24.3. The van der Waals surface area contributed by atoms with E-state index in [9.17, 15) is 8.78 Å². The molecule has 0 bridgehead atoms. The van der Waals surface area contributed by atoms with Gasteiger partial charge in [-0.15, -0.1) is 17.8 Å². The van der Waals surface area contributed by atoms with Crippen molar-refractivity contribution < 1.29 is 13.9 Å². The van der Waals surface area contributed by atoms with E-state index < -0.39 is 12.5 Å². The van der Waals surface area contributed by atoms with E-state index >= 15 is 0 Å². The second kappa shape index (κ2) is 4.05. The fourth-order valence-corrected chi connectivity index (χ4v) is 2.03. The van der Waals surface area contributed by atoms with Gasteiger partial charge in [-0.1, -0.05) is 17.5 Å². The van der Waals surface area contributed by atoms with Crippen LogP contribution in [0.25, 0.3) is 0 Å². The summed E-state index contributed by atoms with van der Waals surface area (Å²) >= 11 is 6.31. The Labute approximate surface area is 83.0 Å². The highest BCUT2D eigenvalue weighted by Crippen LogP contribution is 2.36. The zero-order valence-electron chi connectivity index (χ0n) is 6.30. The molecule has 0 aliphatic rings.